The van der Waals surface area contributed by atoms with E-state index in [1.807, 2.05) is 17.5 Å². The Morgan fingerprint density at radius 1 is 1.35 bits per heavy atom. The molecule has 8 nitrogen and oxygen atoms in total. The third-order valence-electron chi connectivity index (χ3n) is 4.83. The van der Waals surface area contributed by atoms with Gasteiger partial charge in [-0.1, -0.05) is 6.07 Å². The van der Waals surface area contributed by atoms with E-state index in [-0.39, 0.29) is 24.4 Å². The molecule has 1 atom stereocenters. The average Bonchev–Trinajstić information content (AvgIpc) is 3.21. The van der Waals surface area contributed by atoms with Crippen LogP contribution in [0.3, 0.4) is 0 Å². The summed E-state index contributed by atoms with van der Waals surface area (Å²) in [5.41, 5.74) is -1.21. The quantitative estimate of drug-likeness (QED) is 0.388. The molecule has 2 aromatic rings. The van der Waals surface area contributed by atoms with Crippen molar-refractivity contribution in [1.82, 2.24) is 10.2 Å². The minimum absolute atomic E-state index is 0.0253. The van der Waals surface area contributed by atoms with E-state index in [9.17, 15) is 28.5 Å². The number of ether oxygens (including phenoxy) is 1. The number of amides is 2. The topological polar surface area (TPSA) is 102 Å². The smallest absolute Gasteiger partial charge is 0.338 e. The number of hydrogen-bond acceptors (Lipinski definition) is 6. The maximum absolute atomic E-state index is 14.6. The number of urea groups is 1. The van der Waals surface area contributed by atoms with Crippen molar-refractivity contribution in [3.8, 4) is 0 Å². The predicted molar refractivity (Wildman–Crippen MR) is 108 cm³/mol. The van der Waals surface area contributed by atoms with Gasteiger partial charge in [-0.3, -0.25) is 15.0 Å². The number of esters is 1. The number of carbonyl (C=O) groups is 2. The first-order chi connectivity index (χ1) is 14.7. The number of allylic oxidation sites excluding steroid dienone is 1. The van der Waals surface area contributed by atoms with Gasteiger partial charge in [0.1, 0.15) is 5.82 Å². The van der Waals surface area contributed by atoms with E-state index in [4.69, 9.17) is 4.74 Å². The summed E-state index contributed by atoms with van der Waals surface area (Å²) in [4.78, 5) is 37.9. The van der Waals surface area contributed by atoms with Crippen LogP contribution in [-0.2, 0) is 16.0 Å². The van der Waals surface area contributed by atoms with Crippen LogP contribution in [0.5, 0.6) is 0 Å². The highest BCUT2D eigenvalue weighted by Crippen LogP contribution is 2.35. The Bertz CT molecular complexity index is 1060. The average molecular weight is 451 g/mol. The summed E-state index contributed by atoms with van der Waals surface area (Å²) < 4.78 is 33.5. The Hall–Kier alpha value is -3.34. The van der Waals surface area contributed by atoms with E-state index in [1.165, 1.54) is 23.2 Å². The molecular formula is C20H19F2N3O5S. The fourth-order valence-corrected chi connectivity index (χ4v) is 4.05. The second-order valence-corrected chi connectivity index (χ2v) is 7.70. The summed E-state index contributed by atoms with van der Waals surface area (Å²) in [6.07, 6.45) is 0.527. The van der Waals surface area contributed by atoms with Crippen LogP contribution in [0.2, 0.25) is 0 Å². The van der Waals surface area contributed by atoms with Crippen LogP contribution in [0.25, 0.3) is 0 Å². The first-order valence-electron chi connectivity index (χ1n) is 9.36. The summed E-state index contributed by atoms with van der Waals surface area (Å²) in [6, 6.07) is 2.85. The molecule has 0 fully saturated rings. The van der Waals surface area contributed by atoms with Gasteiger partial charge in [-0.2, -0.15) is 4.39 Å². The zero-order valence-corrected chi connectivity index (χ0v) is 17.5. The van der Waals surface area contributed by atoms with Crippen molar-refractivity contribution in [2.75, 3.05) is 13.2 Å². The fraction of sp³-hybridized carbons (Fsp3) is 0.300. The van der Waals surface area contributed by atoms with Gasteiger partial charge in [0.25, 0.3) is 0 Å². The summed E-state index contributed by atoms with van der Waals surface area (Å²) in [5, 5.41) is 15.5. The molecule has 1 unspecified atom stereocenters. The third kappa shape index (κ3) is 4.55. The molecule has 0 spiro atoms. The lowest BCUT2D eigenvalue weighted by atomic mass is 9.93. The number of rotatable bonds is 7. The third-order valence-corrected chi connectivity index (χ3v) is 5.76. The first kappa shape index (κ1) is 22.3. The van der Waals surface area contributed by atoms with Crippen LogP contribution in [-0.4, -0.2) is 35.0 Å². The lowest BCUT2D eigenvalue weighted by Crippen LogP contribution is -2.48. The van der Waals surface area contributed by atoms with Gasteiger partial charge in [-0.25, -0.2) is 14.0 Å². The molecule has 0 saturated heterocycles. The monoisotopic (exact) mass is 451 g/mol. The maximum atomic E-state index is 14.6. The van der Waals surface area contributed by atoms with E-state index in [0.29, 0.717) is 18.6 Å². The van der Waals surface area contributed by atoms with Crippen molar-refractivity contribution in [2.24, 2.45) is 0 Å². The molecule has 0 aliphatic carbocycles. The van der Waals surface area contributed by atoms with Crippen LogP contribution in [0.1, 0.15) is 30.3 Å². The Balaban J connectivity index is 2.06. The lowest BCUT2D eigenvalue weighted by molar-refractivity contribution is -0.387. The molecule has 1 aromatic heterocycles. The van der Waals surface area contributed by atoms with Gasteiger partial charge in [0.15, 0.2) is 0 Å². The highest BCUT2D eigenvalue weighted by atomic mass is 32.1. The van der Waals surface area contributed by atoms with Crippen LogP contribution < -0.4 is 5.32 Å². The van der Waals surface area contributed by atoms with E-state index in [2.05, 4.69) is 5.32 Å². The lowest BCUT2D eigenvalue weighted by Gasteiger charge is -2.35. The Morgan fingerprint density at radius 3 is 2.71 bits per heavy atom. The molecule has 0 radical (unpaired) electrons. The highest BCUT2D eigenvalue weighted by Gasteiger charge is 2.38. The number of nitro groups is 1. The Kier molecular flexibility index (Phi) is 6.64. The number of benzene rings is 1. The normalized spacial score (nSPS) is 16.3. The van der Waals surface area contributed by atoms with E-state index >= 15 is 0 Å². The number of nitrogens with one attached hydrogen (secondary N) is 1. The number of nitrogens with zero attached hydrogens (tertiary/aromatic N) is 2. The van der Waals surface area contributed by atoms with Crippen molar-refractivity contribution < 1.29 is 28.0 Å². The van der Waals surface area contributed by atoms with E-state index in [0.717, 1.165) is 4.88 Å². The van der Waals surface area contributed by atoms with Gasteiger partial charge in [-0.05, 0) is 31.7 Å². The fourth-order valence-electron chi connectivity index (χ4n) is 3.35. The zero-order valence-electron chi connectivity index (χ0n) is 16.7. The van der Waals surface area contributed by atoms with Gasteiger partial charge in [0.05, 0.1) is 23.1 Å². The summed E-state index contributed by atoms with van der Waals surface area (Å²) in [6.45, 7) is 3.38. The molecule has 1 N–H and O–H groups in total. The Morgan fingerprint density at radius 2 is 2.10 bits per heavy atom. The Labute approximate surface area is 180 Å². The molecule has 164 valence electrons. The molecule has 2 amide bonds. The molecule has 11 heteroatoms. The van der Waals surface area contributed by atoms with Gasteiger partial charge in [0.2, 0.25) is 5.82 Å². The van der Waals surface area contributed by atoms with Crippen LogP contribution in [0.15, 0.2) is 40.9 Å². The number of thiophene rings is 1. The zero-order chi connectivity index (χ0) is 22.7. The molecule has 1 aliphatic heterocycles. The van der Waals surface area contributed by atoms with E-state index < -0.39 is 45.9 Å². The second kappa shape index (κ2) is 9.21. The number of hydrogen-bond donors (Lipinski definition) is 1. The molecule has 31 heavy (non-hydrogen) atoms. The summed E-state index contributed by atoms with van der Waals surface area (Å²) >= 11 is 1.52. The SMILES string of the molecule is CCOC(=O)C1=C(C)N(CCc2cccs2)C(=O)NC1c1cc([N+](=O)[O-])c(F)cc1F. The molecule has 0 saturated carbocycles. The van der Waals surface area contributed by atoms with Crippen molar-refractivity contribution in [3.63, 3.8) is 0 Å². The molecule has 0 bridgehead atoms. The van der Waals surface area contributed by atoms with Crippen molar-refractivity contribution >= 4 is 29.0 Å². The van der Waals surface area contributed by atoms with Gasteiger partial charge < -0.3 is 10.1 Å². The highest BCUT2D eigenvalue weighted by molar-refractivity contribution is 7.09. The molecule has 2 heterocycles. The van der Waals surface area contributed by atoms with Gasteiger partial charge in [0, 0.05) is 34.8 Å². The number of halogens is 2. The molecule has 1 aromatic carbocycles. The van der Waals surface area contributed by atoms with Crippen molar-refractivity contribution in [2.45, 2.75) is 26.3 Å². The standard InChI is InChI=1S/C20H19F2N3O5S/c1-3-30-19(26)17-11(2)24(7-6-12-5-4-8-31-12)20(27)23-18(17)13-9-16(25(28)29)15(22)10-14(13)21/h4-5,8-10,18H,3,6-7H2,1-2H3,(H,23,27). The molecule has 3 rings (SSSR count). The van der Waals surface area contributed by atoms with Crippen LogP contribution in [0, 0.1) is 21.7 Å². The summed E-state index contributed by atoms with van der Waals surface area (Å²) in [5.74, 6) is -3.29. The van der Waals surface area contributed by atoms with Crippen LogP contribution in [0.4, 0.5) is 19.3 Å². The number of nitro benzene ring substituents is 1. The molecular weight excluding hydrogens is 432 g/mol. The minimum atomic E-state index is -1.37. The van der Waals surface area contributed by atoms with E-state index in [1.54, 1.807) is 6.92 Å². The van der Waals surface area contributed by atoms with Crippen molar-refractivity contribution in [1.29, 1.82) is 0 Å². The molecule has 1 aliphatic rings. The summed E-state index contributed by atoms with van der Waals surface area (Å²) in [7, 11) is 0. The van der Waals surface area contributed by atoms with Crippen molar-refractivity contribution in [3.05, 3.63) is 73.1 Å². The van der Waals surface area contributed by atoms with Crippen LogP contribution >= 0.6 is 11.3 Å². The first-order valence-corrected chi connectivity index (χ1v) is 10.2. The van der Waals surface area contributed by atoms with Gasteiger partial charge in [-0.15, -0.1) is 11.3 Å². The second-order valence-electron chi connectivity index (χ2n) is 6.67. The predicted octanol–water partition coefficient (Wildman–Crippen LogP) is 4.08. The minimum Gasteiger partial charge on any atom is -0.463 e. The maximum Gasteiger partial charge on any atom is 0.338 e. The van der Waals surface area contributed by atoms with Gasteiger partial charge >= 0.3 is 17.7 Å². The largest absolute Gasteiger partial charge is 0.463 e. The number of carbonyl (C=O) groups excluding carboxylic acids is 2.